The third-order valence-electron chi connectivity index (χ3n) is 7.74. The Bertz CT molecular complexity index is 1490. The number of rotatable bonds is 8. The second-order valence-electron chi connectivity index (χ2n) is 10.3. The predicted molar refractivity (Wildman–Crippen MR) is 180 cm³/mol. The van der Waals surface area contributed by atoms with Crippen molar-refractivity contribution in [3.05, 3.63) is 182 Å². The van der Waals surface area contributed by atoms with E-state index in [2.05, 4.69) is 0 Å². The van der Waals surface area contributed by atoms with Crippen molar-refractivity contribution in [2.45, 2.75) is 0 Å². The topological polar surface area (TPSA) is 52.6 Å². The lowest BCUT2D eigenvalue weighted by Gasteiger charge is -2.34. The summed E-state index contributed by atoms with van der Waals surface area (Å²) < 4.78 is 13.1. The van der Waals surface area contributed by atoms with Gasteiger partial charge in [0.05, 0.1) is 0 Å². The van der Waals surface area contributed by atoms with Crippen LogP contribution in [0.15, 0.2) is 182 Å². The molecule has 4 nitrogen and oxygen atoms in total. The molecule has 44 heavy (non-hydrogen) atoms. The van der Waals surface area contributed by atoms with Crippen molar-refractivity contribution in [2.75, 3.05) is 0 Å². The standard InChI is InChI=1S/C38H30O4Si2/c39-37(41-43(31-19-7-1-8-20-31,32-21-9-2-10-22-32)33-23-11-3-12-24-33)38(40)42-44(34-25-13-4-14-26-34,35-27-15-5-16-28-35)36-29-17-6-18-30-36/h1-30H. The van der Waals surface area contributed by atoms with Crippen LogP contribution in [0.5, 0.6) is 0 Å². The normalized spacial score (nSPS) is 11.4. The van der Waals surface area contributed by atoms with Crippen LogP contribution in [0.2, 0.25) is 0 Å². The van der Waals surface area contributed by atoms with Crippen LogP contribution in [0.3, 0.4) is 0 Å². The molecule has 0 aliphatic carbocycles. The first-order chi connectivity index (χ1) is 21.6. The first-order valence-electron chi connectivity index (χ1n) is 14.4. The lowest BCUT2D eigenvalue weighted by atomic mass is 10.3. The van der Waals surface area contributed by atoms with Crippen LogP contribution < -0.4 is 31.1 Å². The van der Waals surface area contributed by atoms with Gasteiger partial charge in [0.1, 0.15) is 0 Å². The van der Waals surface area contributed by atoms with Gasteiger partial charge < -0.3 is 8.85 Å². The fourth-order valence-electron chi connectivity index (χ4n) is 5.75. The van der Waals surface area contributed by atoms with E-state index in [4.69, 9.17) is 8.85 Å². The minimum absolute atomic E-state index is 0.844. The lowest BCUT2D eigenvalue weighted by Crippen LogP contribution is -2.72. The van der Waals surface area contributed by atoms with Crippen molar-refractivity contribution in [1.82, 2.24) is 0 Å². The van der Waals surface area contributed by atoms with E-state index in [0.29, 0.717) is 0 Å². The molecule has 6 rings (SSSR count). The Balaban J connectivity index is 1.49. The maximum Gasteiger partial charge on any atom is 0.403 e. The molecule has 6 heteroatoms. The highest BCUT2D eigenvalue weighted by Gasteiger charge is 2.50. The first-order valence-corrected chi connectivity index (χ1v) is 18.3. The number of carbonyl (C=O) groups is 2. The number of hydrogen-bond acceptors (Lipinski definition) is 4. The van der Waals surface area contributed by atoms with Crippen LogP contribution in [-0.2, 0) is 18.4 Å². The summed E-state index contributed by atoms with van der Waals surface area (Å²) in [5, 5.41) is 5.06. The highest BCUT2D eigenvalue weighted by molar-refractivity contribution is 7.09. The Morgan fingerprint density at radius 2 is 0.455 bits per heavy atom. The van der Waals surface area contributed by atoms with Crippen LogP contribution in [0, 0.1) is 0 Å². The third-order valence-corrected chi connectivity index (χ3v) is 15.6. The van der Waals surface area contributed by atoms with Crippen LogP contribution in [0.1, 0.15) is 0 Å². The van der Waals surface area contributed by atoms with E-state index in [1.807, 2.05) is 182 Å². The molecule has 0 bridgehead atoms. The van der Waals surface area contributed by atoms with E-state index >= 15 is 0 Å². The number of carbonyl (C=O) groups excluding carboxylic acids is 2. The van der Waals surface area contributed by atoms with Crippen LogP contribution in [0.25, 0.3) is 0 Å². The highest BCUT2D eigenvalue weighted by atomic mass is 28.4. The van der Waals surface area contributed by atoms with Gasteiger partial charge in [-0.25, -0.2) is 9.59 Å². The highest BCUT2D eigenvalue weighted by Crippen LogP contribution is 2.14. The van der Waals surface area contributed by atoms with Gasteiger partial charge in [0.15, 0.2) is 0 Å². The van der Waals surface area contributed by atoms with Gasteiger partial charge in [0.25, 0.3) is 0 Å². The summed E-state index contributed by atoms with van der Waals surface area (Å²) in [4.78, 5) is 28.4. The zero-order valence-corrected chi connectivity index (χ0v) is 26.0. The van der Waals surface area contributed by atoms with E-state index in [9.17, 15) is 9.59 Å². The van der Waals surface area contributed by atoms with Crippen molar-refractivity contribution < 1.29 is 18.4 Å². The van der Waals surface area contributed by atoms with Crippen LogP contribution in [0.4, 0.5) is 0 Å². The van der Waals surface area contributed by atoms with E-state index in [-0.39, 0.29) is 0 Å². The third kappa shape index (κ3) is 5.44. The molecule has 0 radical (unpaired) electrons. The zero-order chi connectivity index (χ0) is 30.2. The molecule has 0 N–H and O–H groups in total. The molecule has 6 aromatic rings. The van der Waals surface area contributed by atoms with E-state index in [1.54, 1.807) is 0 Å². The van der Waals surface area contributed by atoms with Gasteiger partial charge in [-0.1, -0.05) is 182 Å². The molecule has 0 fully saturated rings. The Kier molecular flexibility index (Phi) is 8.45. The van der Waals surface area contributed by atoms with E-state index in [1.165, 1.54) is 0 Å². The van der Waals surface area contributed by atoms with Crippen molar-refractivity contribution in [1.29, 1.82) is 0 Å². The molecule has 6 aromatic carbocycles. The maximum absolute atomic E-state index is 14.2. The molecule has 0 heterocycles. The summed E-state index contributed by atoms with van der Waals surface area (Å²) in [6, 6.07) is 58.2. The van der Waals surface area contributed by atoms with E-state index in [0.717, 1.165) is 31.1 Å². The van der Waals surface area contributed by atoms with Crippen molar-refractivity contribution >= 4 is 59.7 Å². The van der Waals surface area contributed by atoms with Crippen molar-refractivity contribution in [2.24, 2.45) is 0 Å². The molecule has 0 aromatic heterocycles. The lowest BCUT2D eigenvalue weighted by molar-refractivity contribution is -0.156. The molecule has 0 saturated heterocycles. The second-order valence-corrected chi connectivity index (χ2v) is 16.9. The molecule has 214 valence electrons. The van der Waals surface area contributed by atoms with Gasteiger partial charge in [-0.15, -0.1) is 0 Å². The number of hydrogen-bond donors (Lipinski definition) is 0. The van der Waals surface area contributed by atoms with Crippen LogP contribution in [-0.4, -0.2) is 28.6 Å². The van der Waals surface area contributed by atoms with Gasteiger partial charge in [0, 0.05) is 0 Å². The Hall–Kier alpha value is -5.31. The monoisotopic (exact) mass is 606 g/mol. The van der Waals surface area contributed by atoms with Gasteiger partial charge in [-0.2, -0.15) is 0 Å². The predicted octanol–water partition coefficient (Wildman–Crippen LogP) is 3.41. The minimum Gasteiger partial charge on any atom is -0.497 e. The zero-order valence-electron chi connectivity index (χ0n) is 24.0. The molecule has 0 saturated carbocycles. The maximum atomic E-state index is 14.2. The fraction of sp³-hybridized carbons (Fsp3) is 0. The van der Waals surface area contributed by atoms with Crippen molar-refractivity contribution in [3.63, 3.8) is 0 Å². The first kappa shape index (κ1) is 28.8. The summed E-state index contributed by atoms with van der Waals surface area (Å²) >= 11 is 0. The van der Waals surface area contributed by atoms with E-state index < -0.39 is 28.6 Å². The summed E-state index contributed by atoms with van der Waals surface area (Å²) in [6.45, 7) is 0. The second kappa shape index (κ2) is 12.9. The summed E-state index contributed by atoms with van der Waals surface area (Å²) in [5.74, 6) is -2.04. The summed E-state index contributed by atoms with van der Waals surface area (Å²) in [7, 11) is -7.00. The average molecular weight is 607 g/mol. The summed E-state index contributed by atoms with van der Waals surface area (Å²) in [5.41, 5.74) is 0. The van der Waals surface area contributed by atoms with Gasteiger partial charge in [0.2, 0.25) is 0 Å². The quantitative estimate of drug-likeness (QED) is 0.152. The SMILES string of the molecule is O=C(O[Si](c1ccccc1)(c1ccccc1)c1ccccc1)C(=O)O[Si](c1ccccc1)(c1ccccc1)c1ccccc1. The smallest absolute Gasteiger partial charge is 0.403 e. The molecule has 0 aliphatic rings. The number of benzene rings is 6. The molecule has 0 spiro atoms. The van der Waals surface area contributed by atoms with Crippen molar-refractivity contribution in [3.8, 4) is 0 Å². The van der Waals surface area contributed by atoms with Gasteiger partial charge >= 0.3 is 28.6 Å². The van der Waals surface area contributed by atoms with Crippen LogP contribution >= 0.6 is 0 Å². The molecule has 0 atom stereocenters. The molecular weight excluding hydrogens is 577 g/mol. The molecule has 0 aliphatic heterocycles. The summed E-state index contributed by atoms with van der Waals surface area (Å²) in [6.07, 6.45) is 0. The molecular formula is C38H30O4Si2. The molecule has 0 unspecified atom stereocenters. The Morgan fingerprint density at radius 3 is 0.614 bits per heavy atom. The minimum atomic E-state index is -3.50. The van der Waals surface area contributed by atoms with Gasteiger partial charge in [-0.3, -0.25) is 0 Å². The van der Waals surface area contributed by atoms with Gasteiger partial charge in [-0.05, 0) is 31.1 Å². The molecule has 0 amide bonds. The Labute approximate surface area is 259 Å². The Morgan fingerprint density at radius 1 is 0.295 bits per heavy atom. The largest absolute Gasteiger partial charge is 0.497 e. The fourth-order valence-corrected chi connectivity index (χ4v) is 13.2. The average Bonchev–Trinajstić information content (AvgIpc) is 3.11.